The number of imide groups is 1. The molecule has 1 atom stereocenters. The van der Waals surface area contributed by atoms with Crippen LogP contribution < -0.4 is 10.3 Å². The van der Waals surface area contributed by atoms with Gasteiger partial charge in [-0.15, -0.1) is 0 Å². The zero-order valence-electron chi connectivity index (χ0n) is 15.5. The highest BCUT2D eigenvalue weighted by atomic mass is 16.5. The molecule has 2 aliphatic heterocycles. The summed E-state index contributed by atoms with van der Waals surface area (Å²) in [5, 5.41) is 8.82. The van der Waals surface area contributed by atoms with E-state index in [0.29, 0.717) is 24.9 Å². The minimum atomic E-state index is -0.819. The number of amidine groups is 1. The van der Waals surface area contributed by atoms with Crippen molar-refractivity contribution in [2.45, 2.75) is 26.4 Å². The van der Waals surface area contributed by atoms with E-state index in [1.807, 2.05) is 18.4 Å². The molecule has 1 saturated heterocycles. The molecule has 2 aliphatic rings. The Morgan fingerprint density at radius 3 is 2.67 bits per heavy atom. The molecule has 0 saturated carbocycles. The lowest BCUT2D eigenvalue weighted by atomic mass is 10.1. The number of hydrogen-bond acceptors (Lipinski definition) is 6. The quantitative estimate of drug-likeness (QED) is 0.433. The number of nitrogens with zero attached hydrogens (tertiary/aromatic N) is 5. The number of aliphatic hydroxyl groups is 1. The highest BCUT2D eigenvalue weighted by Gasteiger charge is 2.54. The standard InChI is InChI=1S/C16H22N6O5/c1-9-10(2)22-12-13(18-15(22)20(9)4-6-27-7-5-23)19(3)16(26)21(14(12)25)8-11(17)24/h12,23H,4-8H2,1-3H3,(H-,17,24)/p+1. The lowest BCUT2D eigenvalue weighted by Gasteiger charge is -2.32. The van der Waals surface area contributed by atoms with Gasteiger partial charge in [0, 0.05) is 7.05 Å². The normalized spacial score (nSPS) is 18.7. The van der Waals surface area contributed by atoms with Crippen molar-refractivity contribution in [1.82, 2.24) is 14.4 Å². The number of urea groups is 1. The Bertz CT molecular complexity index is 845. The Hall–Kier alpha value is -2.79. The van der Waals surface area contributed by atoms with Gasteiger partial charge in [0.15, 0.2) is 0 Å². The van der Waals surface area contributed by atoms with Crippen LogP contribution >= 0.6 is 0 Å². The largest absolute Gasteiger partial charge is 0.402 e. The van der Waals surface area contributed by atoms with E-state index in [-0.39, 0.29) is 13.2 Å². The van der Waals surface area contributed by atoms with Crippen LogP contribution in [0.25, 0.3) is 0 Å². The lowest BCUT2D eigenvalue weighted by Crippen LogP contribution is -2.59. The number of aromatic nitrogens is 2. The molecule has 27 heavy (non-hydrogen) atoms. The third kappa shape index (κ3) is 2.98. The maximum Gasteiger partial charge on any atom is 0.402 e. The summed E-state index contributed by atoms with van der Waals surface area (Å²) in [6.45, 7) is 4.33. The molecule has 1 aromatic rings. The summed E-state index contributed by atoms with van der Waals surface area (Å²) in [7, 11) is 1.51. The molecule has 1 aromatic heterocycles. The van der Waals surface area contributed by atoms with Gasteiger partial charge in [-0.25, -0.2) is 13.9 Å². The van der Waals surface area contributed by atoms with Crippen LogP contribution in [0.4, 0.5) is 10.7 Å². The smallest absolute Gasteiger partial charge is 0.394 e. The molecular weight excluding hydrogens is 356 g/mol. The zero-order valence-corrected chi connectivity index (χ0v) is 15.5. The van der Waals surface area contributed by atoms with Crippen molar-refractivity contribution < 1.29 is 28.8 Å². The third-order valence-corrected chi connectivity index (χ3v) is 4.83. The van der Waals surface area contributed by atoms with Crippen molar-refractivity contribution in [3.63, 3.8) is 0 Å². The molecule has 3 heterocycles. The van der Waals surface area contributed by atoms with E-state index in [4.69, 9.17) is 15.6 Å². The van der Waals surface area contributed by atoms with Gasteiger partial charge in [-0.2, -0.15) is 0 Å². The van der Waals surface area contributed by atoms with Gasteiger partial charge in [-0.05, 0) is 13.8 Å². The topological polar surface area (TPSA) is 134 Å². The zero-order chi connectivity index (χ0) is 19.9. The summed E-state index contributed by atoms with van der Waals surface area (Å²) >= 11 is 0. The molecule has 11 heteroatoms. The molecule has 146 valence electrons. The van der Waals surface area contributed by atoms with Crippen LogP contribution in [0, 0.1) is 13.8 Å². The Balaban J connectivity index is 1.99. The molecule has 0 radical (unpaired) electrons. The summed E-state index contributed by atoms with van der Waals surface area (Å²) in [5.74, 6) is -0.447. The first kappa shape index (κ1) is 19.0. The monoisotopic (exact) mass is 379 g/mol. The summed E-state index contributed by atoms with van der Waals surface area (Å²) in [6.07, 6.45) is 0. The fourth-order valence-electron chi connectivity index (χ4n) is 3.39. The minimum Gasteiger partial charge on any atom is -0.394 e. The molecule has 0 aromatic carbocycles. The van der Waals surface area contributed by atoms with Crippen molar-refractivity contribution in [1.29, 1.82) is 0 Å². The maximum absolute atomic E-state index is 12.9. The average molecular weight is 379 g/mol. The number of primary amides is 1. The van der Waals surface area contributed by atoms with E-state index < -0.39 is 30.4 Å². The van der Waals surface area contributed by atoms with E-state index >= 15 is 0 Å². The molecule has 0 spiro atoms. The van der Waals surface area contributed by atoms with Crippen molar-refractivity contribution in [3.8, 4) is 0 Å². The first-order valence-corrected chi connectivity index (χ1v) is 8.55. The fraction of sp³-hybridized carbons (Fsp3) is 0.562. The van der Waals surface area contributed by atoms with E-state index in [2.05, 4.69) is 4.99 Å². The summed E-state index contributed by atoms with van der Waals surface area (Å²) in [5.41, 5.74) is 6.92. The van der Waals surface area contributed by atoms with Gasteiger partial charge in [0.25, 0.3) is 5.91 Å². The SMILES string of the molecule is Cc1c(C)[n+](CCOCCO)c2n1C1C(=O)N(CC(N)=O)C(=O)N(C)C1=N2. The van der Waals surface area contributed by atoms with E-state index in [0.717, 1.165) is 16.3 Å². The molecular formula is C16H23N6O5+. The molecule has 0 aliphatic carbocycles. The number of carbonyl (C=O) groups excluding carboxylic acids is 3. The van der Waals surface area contributed by atoms with Gasteiger partial charge >= 0.3 is 12.0 Å². The number of fused-ring (bicyclic) bond motifs is 3. The van der Waals surface area contributed by atoms with Crippen LogP contribution in [0.3, 0.4) is 0 Å². The van der Waals surface area contributed by atoms with Gasteiger partial charge in [-0.1, -0.05) is 4.99 Å². The maximum atomic E-state index is 12.9. The van der Waals surface area contributed by atoms with Crippen LogP contribution in [-0.4, -0.2) is 76.6 Å². The number of amides is 4. The summed E-state index contributed by atoms with van der Waals surface area (Å²) in [4.78, 5) is 43.3. The lowest BCUT2D eigenvalue weighted by molar-refractivity contribution is -0.690. The number of nitrogens with two attached hydrogens (primary N) is 1. The van der Waals surface area contributed by atoms with E-state index in [9.17, 15) is 14.4 Å². The van der Waals surface area contributed by atoms with Crippen molar-refractivity contribution in [2.24, 2.45) is 10.7 Å². The first-order valence-electron chi connectivity index (χ1n) is 8.55. The Morgan fingerprint density at radius 1 is 1.33 bits per heavy atom. The van der Waals surface area contributed by atoms with E-state index in [1.54, 1.807) is 4.57 Å². The number of ether oxygens (including phenoxy) is 1. The molecule has 11 nitrogen and oxygen atoms in total. The number of hydrogen-bond donors (Lipinski definition) is 2. The van der Waals surface area contributed by atoms with Crippen LogP contribution in [0.2, 0.25) is 0 Å². The first-order chi connectivity index (χ1) is 12.8. The van der Waals surface area contributed by atoms with Crippen molar-refractivity contribution in [3.05, 3.63) is 11.4 Å². The molecule has 3 rings (SSSR count). The second-order valence-electron chi connectivity index (χ2n) is 6.43. The van der Waals surface area contributed by atoms with Gasteiger partial charge in [0.1, 0.15) is 17.9 Å². The van der Waals surface area contributed by atoms with Crippen LogP contribution in [0.5, 0.6) is 0 Å². The average Bonchev–Trinajstić information content (AvgIpc) is 3.11. The number of aliphatic imine (C=N–C) groups is 1. The molecule has 3 N–H and O–H groups in total. The van der Waals surface area contributed by atoms with Gasteiger partial charge < -0.3 is 15.6 Å². The second-order valence-corrected chi connectivity index (χ2v) is 6.43. The number of likely N-dealkylation sites (N-methyl/N-ethyl adjacent to an activating group) is 1. The molecule has 1 fully saturated rings. The van der Waals surface area contributed by atoms with Crippen LogP contribution in [-0.2, 0) is 20.9 Å². The highest BCUT2D eigenvalue weighted by molar-refractivity contribution is 6.21. The number of aliphatic hydroxyl groups excluding tert-OH is 1. The van der Waals surface area contributed by atoms with Crippen molar-refractivity contribution >= 4 is 29.6 Å². The van der Waals surface area contributed by atoms with E-state index in [1.165, 1.54) is 11.9 Å². The highest BCUT2D eigenvalue weighted by Crippen LogP contribution is 2.34. The van der Waals surface area contributed by atoms with Gasteiger partial charge in [-0.3, -0.25) is 19.4 Å². The molecule has 4 amide bonds. The van der Waals surface area contributed by atoms with Gasteiger partial charge in [0.2, 0.25) is 17.8 Å². The van der Waals surface area contributed by atoms with Crippen LogP contribution in [0.15, 0.2) is 4.99 Å². The van der Waals surface area contributed by atoms with Crippen LogP contribution in [0.1, 0.15) is 17.4 Å². The minimum absolute atomic E-state index is 0.0575. The number of rotatable bonds is 7. The van der Waals surface area contributed by atoms with Crippen molar-refractivity contribution in [2.75, 3.05) is 33.4 Å². The third-order valence-electron chi connectivity index (χ3n) is 4.83. The Morgan fingerprint density at radius 2 is 2.04 bits per heavy atom. The van der Waals surface area contributed by atoms with Gasteiger partial charge in [0.05, 0.1) is 26.4 Å². The Labute approximate surface area is 155 Å². The number of carbonyl (C=O) groups is 3. The fourth-order valence-corrected chi connectivity index (χ4v) is 3.39. The second kappa shape index (κ2) is 7.08. The predicted octanol–water partition coefficient (Wildman–Crippen LogP) is -1.63. The predicted molar refractivity (Wildman–Crippen MR) is 92.2 cm³/mol. The Kier molecular flexibility index (Phi) is 4.98. The molecule has 1 unspecified atom stereocenters. The molecule has 0 bridgehead atoms. The summed E-state index contributed by atoms with van der Waals surface area (Å²) in [6, 6.07) is -1.45. The summed E-state index contributed by atoms with van der Waals surface area (Å²) < 4.78 is 8.99. The number of imidazole rings is 1.